The van der Waals surface area contributed by atoms with Crippen LogP contribution in [0.4, 0.5) is 0 Å². The maximum atomic E-state index is 12.5. The molecule has 6 nitrogen and oxygen atoms in total. The Balaban J connectivity index is 1.87. The zero-order valence-electron chi connectivity index (χ0n) is 12.9. The summed E-state index contributed by atoms with van der Waals surface area (Å²) in [5.74, 6) is -1.69. The van der Waals surface area contributed by atoms with E-state index in [2.05, 4.69) is 4.90 Å². The van der Waals surface area contributed by atoms with Crippen molar-refractivity contribution < 1.29 is 19.8 Å². The number of carboxylic acid groups (broad SMARTS) is 1. The van der Waals surface area contributed by atoms with E-state index >= 15 is 0 Å². The molecule has 2 unspecified atom stereocenters. The summed E-state index contributed by atoms with van der Waals surface area (Å²) in [6, 6.07) is 0. The van der Waals surface area contributed by atoms with Crippen molar-refractivity contribution in [1.82, 2.24) is 9.80 Å². The van der Waals surface area contributed by atoms with Crippen molar-refractivity contribution in [3.63, 3.8) is 0 Å². The van der Waals surface area contributed by atoms with Crippen LogP contribution in [0, 0.1) is 11.8 Å². The molecule has 2 aliphatic rings. The van der Waals surface area contributed by atoms with Gasteiger partial charge in [-0.25, -0.2) is 0 Å². The fraction of sp³-hybridized carbons (Fsp3) is 0.867. The molecule has 1 aliphatic carbocycles. The Kier molecular flexibility index (Phi) is 4.88. The van der Waals surface area contributed by atoms with Gasteiger partial charge >= 0.3 is 5.97 Å². The van der Waals surface area contributed by atoms with Crippen LogP contribution in [-0.2, 0) is 9.59 Å². The lowest BCUT2D eigenvalue weighted by Crippen LogP contribution is -2.53. The number of aliphatic carboxylic acids is 1. The molecule has 1 saturated carbocycles. The summed E-state index contributed by atoms with van der Waals surface area (Å²) in [4.78, 5) is 27.6. The molecule has 0 aromatic rings. The molecule has 1 aliphatic heterocycles. The minimum atomic E-state index is -0.841. The molecule has 2 fully saturated rings. The van der Waals surface area contributed by atoms with Crippen LogP contribution in [-0.4, -0.2) is 70.2 Å². The number of aliphatic hydroxyl groups is 1. The number of hydrogen-bond donors (Lipinski definition) is 2. The van der Waals surface area contributed by atoms with Crippen LogP contribution in [0.3, 0.4) is 0 Å². The average Bonchev–Trinajstić information content (AvgIpc) is 2.86. The summed E-state index contributed by atoms with van der Waals surface area (Å²) in [5.41, 5.74) is -0.730. The SMILES string of the molecule is CC(C)(O)CN1CCN(C(=O)C2CCCC2C(=O)O)CC1. The van der Waals surface area contributed by atoms with Gasteiger partial charge in [0.1, 0.15) is 0 Å². The van der Waals surface area contributed by atoms with Crippen molar-refractivity contribution in [2.24, 2.45) is 11.8 Å². The molecular formula is C15H26N2O4. The largest absolute Gasteiger partial charge is 0.481 e. The number of hydrogen-bond acceptors (Lipinski definition) is 4. The van der Waals surface area contributed by atoms with Gasteiger partial charge < -0.3 is 15.1 Å². The van der Waals surface area contributed by atoms with E-state index in [0.29, 0.717) is 32.5 Å². The van der Waals surface area contributed by atoms with E-state index in [1.54, 1.807) is 18.7 Å². The molecule has 1 amide bonds. The number of carbonyl (C=O) groups excluding carboxylic acids is 1. The van der Waals surface area contributed by atoms with Crippen molar-refractivity contribution in [3.05, 3.63) is 0 Å². The Bertz CT molecular complexity index is 397. The topological polar surface area (TPSA) is 81.1 Å². The number of rotatable bonds is 4. The second kappa shape index (κ2) is 6.32. The van der Waals surface area contributed by atoms with Crippen LogP contribution in [0.25, 0.3) is 0 Å². The van der Waals surface area contributed by atoms with Crippen molar-refractivity contribution in [2.45, 2.75) is 38.7 Å². The fourth-order valence-corrected chi connectivity index (χ4v) is 3.46. The molecule has 21 heavy (non-hydrogen) atoms. The van der Waals surface area contributed by atoms with Crippen molar-refractivity contribution in [3.8, 4) is 0 Å². The minimum Gasteiger partial charge on any atom is -0.481 e. The fourth-order valence-electron chi connectivity index (χ4n) is 3.46. The molecule has 120 valence electrons. The standard InChI is InChI=1S/C15H26N2O4/c1-15(2,21)10-16-6-8-17(9-7-16)13(18)11-4-3-5-12(11)14(19)20/h11-12,21H,3-10H2,1-2H3,(H,19,20). The second-order valence-electron chi connectivity index (χ2n) is 6.90. The maximum Gasteiger partial charge on any atom is 0.307 e. The maximum absolute atomic E-state index is 12.5. The lowest BCUT2D eigenvalue weighted by atomic mass is 9.94. The Morgan fingerprint density at radius 3 is 2.19 bits per heavy atom. The summed E-state index contributed by atoms with van der Waals surface area (Å²) < 4.78 is 0. The molecule has 2 N–H and O–H groups in total. The van der Waals surface area contributed by atoms with E-state index in [0.717, 1.165) is 19.5 Å². The number of nitrogens with zero attached hydrogens (tertiary/aromatic N) is 2. The number of carboxylic acids is 1. The third kappa shape index (κ3) is 4.17. The van der Waals surface area contributed by atoms with Gasteiger partial charge in [0, 0.05) is 32.7 Å². The Morgan fingerprint density at radius 2 is 1.67 bits per heavy atom. The zero-order valence-corrected chi connectivity index (χ0v) is 12.9. The summed E-state index contributed by atoms with van der Waals surface area (Å²) in [5, 5.41) is 19.0. The van der Waals surface area contributed by atoms with E-state index in [1.807, 2.05) is 0 Å². The minimum absolute atomic E-state index is 0.00260. The van der Waals surface area contributed by atoms with E-state index < -0.39 is 17.5 Å². The lowest BCUT2D eigenvalue weighted by molar-refractivity contribution is -0.150. The lowest BCUT2D eigenvalue weighted by Gasteiger charge is -2.38. The number of β-amino-alcohol motifs (C(OH)–C–C–N with tert-alkyl or cyclic N) is 1. The highest BCUT2D eigenvalue weighted by molar-refractivity contribution is 5.85. The normalized spacial score (nSPS) is 27.9. The van der Waals surface area contributed by atoms with Gasteiger partial charge in [-0.15, -0.1) is 0 Å². The van der Waals surface area contributed by atoms with Crippen LogP contribution in [0.5, 0.6) is 0 Å². The Labute approximate surface area is 125 Å². The molecule has 0 bridgehead atoms. The van der Waals surface area contributed by atoms with E-state index in [9.17, 15) is 19.8 Å². The first kappa shape index (κ1) is 16.2. The Morgan fingerprint density at radius 1 is 1.10 bits per heavy atom. The molecule has 6 heteroatoms. The van der Waals surface area contributed by atoms with E-state index in [1.165, 1.54) is 0 Å². The van der Waals surface area contributed by atoms with Gasteiger partial charge in [-0.1, -0.05) is 6.42 Å². The van der Waals surface area contributed by atoms with Gasteiger partial charge in [0.15, 0.2) is 0 Å². The Hall–Kier alpha value is -1.14. The van der Waals surface area contributed by atoms with Gasteiger partial charge in [0.05, 0.1) is 17.4 Å². The van der Waals surface area contributed by atoms with Crippen LogP contribution in [0.1, 0.15) is 33.1 Å². The molecule has 2 rings (SSSR count). The van der Waals surface area contributed by atoms with E-state index in [-0.39, 0.29) is 11.8 Å². The summed E-state index contributed by atoms with van der Waals surface area (Å²) >= 11 is 0. The molecule has 1 heterocycles. The van der Waals surface area contributed by atoms with E-state index in [4.69, 9.17) is 0 Å². The molecule has 0 spiro atoms. The second-order valence-corrected chi connectivity index (χ2v) is 6.90. The molecule has 0 radical (unpaired) electrons. The van der Waals surface area contributed by atoms with Gasteiger partial charge in [0.25, 0.3) is 0 Å². The highest BCUT2D eigenvalue weighted by atomic mass is 16.4. The monoisotopic (exact) mass is 298 g/mol. The average molecular weight is 298 g/mol. The summed E-state index contributed by atoms with van der Waals surface area (Å²) in [6.07, 6.45) is 2.14. The van der Waals surface area contributed by atoms with Crippen molar-refractivity contribution >= 4 is 11.9 Å². The summed E-state index contributed by atoms with van der Waals surface area (Å²) in [6.45, 7) is 6.87. The van der Waals surface area contributed by atoms with Gasteiger partial charge in [-0.3, -0.25) is 14.5 Å². The first-order chi connectivity index (χ1) is 9.78. The van der Waals surface area contributed by atoms with Gasteiger partial charge in [0.2, 0.25) is 5.91 Å². The van der Waals surface area contributed by atoms with Crippen molar-refractivity contribution in [2.75, 3.05) is 32.7 Å². The highest BCUT2D eigenvalue weighted by Crippen LogP contribution is 2.33. The number of amides is 1. The molecule has 1 saturated heterocycles. The zero-order chi connectivity index (χ0) is 15.6. The van der Waals surface area contributed by atoms with Crippen LogP contribution >= 0.6 is 0 Å². The molecular weight excluding hydrogens is 272 g/mol. The van der Waals surface area contributed by atoms with Gasteiger partial charge in [-0.05, 0) is 26.7 Å². The van der Waals surface area contributed by atoms with Crippen molar-refractivity contribution in [1.29, 1.82) is 0 Å². The quantitative estimate of drug-likeness (QED) is 0.785. The smallest absolute Gasteiger partial charge is 0.307 e. The predicted molar refractivity (Wildman–Crippen MR) is 77.8 cm³/mol. The van der Waals surface area contributed by atoms with Crippen LogP contribution < -0.4 is 0 Å². The molecule has 0 aromatic carbocycles. The first-order valence-corrected chi connectivity index (χ1v) is 7.74. The first-order valence-electron chi connectivity index (χ1n) is 7.74. The molecule has 0 aromatic heterocycles. The third-order valence-corrected chi connectivity index (χ3v) is 4.44. The predicted octanol–water partition coefficient (Wildman–Crippen LogP) is 0.402. The molecule has 2 atom stereocenters. The highest BCUT2D eigenvalue weighted by Gasteiger charge is 2.40. The third-order valence-electron chi connectivity index (χ3n) is 4.44. The van der Waals surface area contributed by atoms with Gasteiger partial charge in [-0.2, -0.15) is 0 Å². The summed E-state index contributed by atoms with van der Waals surface area (Å²) in [7, 11) is 0. The van der Waals surface area contributed by atoms with Crippen LogP contribution in [0.2, 0.25) is 0 Å². The number of piperazine rings is 1. The number of carbonyl (C=O) groups is 2. The van der Waals surface area contributed by atoms with Crippen LogP contribution in [0.15, 0.2) is 0 Å².